The lowest BCUT2D eigenvalue weighted by Crippen LogP contribution is -2.56. The van der Waals surface area contributed by atoms with Gasteiger partial charge in [0.1, 0.15) is 11.5 Å². The predicted octanol–water partition coefficient (Wildman–Crippen LogP) is 7.12. The van der Waals surface area contributed by atoms with Gasteiger partial charge in [0, 0.05) is 13.8 Å². The molecule has 2 saturated heterocycles. The van der Waals surface area contributed by atoms with E-state index in [1.807, 2.05) is 20.8 Å². The molecule has 7 nitrogen and oxygen atoms in total. The third-order valence-corrected chi connectivity index (χ3v) is 14.5. The van der Waals surface area contributed by atoms with Gasteiger partial charge in [-0.3, -0.25) is 9.59 Å². The first kappa shape index (κ1) is 32.7. The van der Waals surface area contributed by atoms with E-state index in [0.29, 0.717) is 41.8 Å². The van der Waals surface area contributed by atoms with E-state index in [2.05, 4.69) is 20.8 Å². The zero-order valence-electron chi connectivity index (χ0n) is 29.0. The van der Waals surface area contributed by atoms with Gasteiger partial charge in [-0.25, -0.2) is 0 Å². The minimum absolute atomic E-state index is 0. The standard InChI is InChI=1S/C35H54O7.C2H6.H2/c1-20(36)40-28(31(4,5)38)24-10-8-22-25(41-24)16-23-21-9-11-26-30(2,3)27(42-29(37)32(6)18-39-19-32)12-13-35(26)17-34(21,35)15-14-33(22,23)7;1-2;/h21-28,38H,8-19H2,1-7H3;1-2H3;1H/t21?,22?,23?,24?,25?,26?,27-,28-,33?,34-,35?;;/m0../s1. The Morgan fingerprint density at radius 1 is 0.909 bits per heavy atom. The highest BCUT2D eigenvalue weighted by molar-refractivity contribution is 5.77. The van der Waals surface area contributed by atoms with Crippen LogP contribution in [0.3, 0.4) is 0 Å². The van der Waals surface area contributed by atoms with Gasteiger partial charge in [0.05, 0.1) is 31.0 Å². The van der Waals surface area contributed by atoms with Crippen LogP contribution in [0.15, 0.2) is 0 Å². The Labute approximate surface area is 267 Å². The fourth-order valence-corrected chi connectivity index (χ4v) is 12.3. The van der Waals surface area contributed by atoms with Gasteiger partial charge in [0.15, 0.2) is 6.10 Å². The lowest BCUT2D eigenvalue weighted by atomic mass is 9.46. The molecule has 0 aromatic heterocycles. The first-order valence-corrected chi connectivity index (χ1v) is 17.9. The minimum atomic E-state index is -1.15. The Kier molecular flexibility index (Phi) is 7.94. The second-order valence-electron chi connectivity index (χ2n) is 17.5. The maximum Gasteiger partial charge on any atom is 0.316 e. The van der Waals surface area contributed by atoms with Crippen molar-refractivity contribution < 1.29 is 35.1 Å². The quantitative estimate of drug-likeness (QED) is 0.328. The number of esters is 2. The van der Waals surface area contributed by atoms with Crippen molar-refractivity contribution in [2.45, 2.75) is 157 Å². The number of fused-ring (bicyclic) bond motifs is 4. The molecule has 7 fully saturated rings. The lowest BCUT2D eigenvalue weighted by Gasteiger charge is -2.59. The van der Waals surface area contributed by atoms with Crippen LogP contribution in [0.2, 0.25) is 0 Å². The summed E-state index contributed by atoms with van der Waals surface area (Å²) in [6.45, 7) is 19.1. The van der Waals surface area contributed by atoms with Gasteiger partial charge in [0.25, 0.3) is 0 Å². The van der Waals surface area contributed by atoms with Crippen molar-refractivity contribution in [3.8, 4) is 0 Å². The van der Waals surface area contributed by atoms with E-state index in [9.17, 15) is 14.7 Å². The monoisotopic (exact) mass is 618 g/mol. The van der Waals surface area contributed by atoms with Gasteiger partial charge >= 0.3 is 11.9 Å². The molecule has 2 heterocycles. The Morgan fingerprint density at radius 3 is 2.20 bits per heavy atom. The molecule has 11 atom stereocenters. The second-order valence-corrected chi connectivity index (χ2v) is 17.5. The molecule has 2 aliphatic heterocycles. The molecule has 7 heteroatoms. The first-order valence-electron chi connectivity index (χ1n) is 17.9. The summed E-state index contributed by atoms with van der Waals surface area (Å²) in [4.78, 5) is 25.0. The molecule has 7 aliphatic rings. The van der Waals surface area contributed by atoms with Crippen LogP contribution in [-0.2, 0) is 28.5 Å². The van der Waals surface area contributed by atoms with Crippen molar-refractivity contribution in [3.05, 3.63) is 0 Å². The topological polar surface area (TPSA) is 91.3 Å². The van der Waals surface area contributed by atoms with Crippen molar-refractivity contribution in [1.82, 2.24) is 0 Å². The number of ether oxygens (including phenoxy) is 4. The molecule has 7 rings (SSSR count). The molecule has 5 aliphatic carbocycles. The summed E-state index contributed by atoms with van der Waals surface area (Å²) in [7, 11) is 0. The van der Waals surface area contributed by atoms with E-state index in [-0.39, 0.29) is 42.5 Å². The Morgan fingerprint density at radius 2 is 1.59 bits per heavy atom. The maximum absolute atomic E-state index is 13.1. The number of hydrogen-bond acceptors (Lipinski definition) is 7. The van der Waals surface area contributed by atoms with E-state index >= 15 is 0 Å². The van der Waals surface area contributed by atoms with Crippen LogP contribution in [0, 0.1) is 50.7 Å². The van der Waals surface area contributed by atoms with Gasteiger partial charge in [0.2, 0.25) is 0 Å². The number of rotatable bonds is 5. The lowest BCUT2D eigenvalue weighted by molar-refractivity contribution is -0.205. The molecule has 8 unspecified atom stereocenters. The largest absolute Gasteiger partial charge is 0.461 e. The van der Waals surface area contributed by atoms with Gasteiger partial charge in [-0.15, -0.1) is 0 Å². The number of carbonyl (C=O) groups excluding carboxylic acids is 2. The van der Waals surface area contributed by atoms with Crippen molar-refractivity contribution in [2.75, 3.05) is 13.2 Å². The van der Waals surface area contributed by atoms with Crippen LogP contribution in [0.4, 0.5) is 0 Å². The molecule has 44 heavy (non-hydrogen) atoms. The van der Waals surface area contributed by atoms with E-state index in [0.717, 1.165) is 31.6 Å². The summed E-state index contributed by atoms with van der Waals surface area (Å²) in [6.07, 6.45) is 10.9. The van der Waals surface area contributed by atoms with Crippen LogP contribution >= 0.6 is 0 Å². The Hall–Kier alpha value is -1.18. The Bertz CT molecular complexity index is 1140. The summed E-state index contributed by atoms with van der Waals surface area (Å²) in [5.41, 5.74) is -0.525. The third kappa shape index (κ3) is 4.58. The molecule has 0 aromatic rings. The second kappa shape index (κ2) is 10.7. The smallest absolute Gasteiger partial charge is 0.316 e. The highest BCUT2D eigenvalue weighted by Crippen LogP contribution is 2.87. The van der Waals surface area contributed by atoms with Crippen molar-refractivity contribution in [2.24, 2.45) is 50.7 Å². The van der Waals surface area contributed by atoms with Crippen LogP contribution in [0.1, 0.15) is 128 Å². The van der Waals surface area contributed by atoms with E-state index < -0.39 is 17.1 Å². The average Bonchev–Trinajstić information content (AvgIpc) is 3.52. The minimum Gasteiger partial charge on any atom is -0.461 e. The van der Waals surface area contributed by atoms with Crippen LogP contribution < -0.4 is 0 Å². The molecular formula is C37H62O7. The maximum atomic E-state index is 13.1. The van der Waals surface area contributed by atoms with E-state index in [1.165, 1.54) is 45.4 Å². The molecule has 0 amide bonds. The average molecular weight is 619 g/mol. The summed E-state index contributed by atoms with van der Waals surface area (Å²) >= 11 is 0. The molecule has 0 bridgehead atoms. The molecule has 2 spiro atoms. The van der Waals surface area contributed by atoms with E-state index in [1.54, 1.807) is 13.8 Å². The van der Waals surface area contributed by atoms with Crippen molar-refractivity contribution in [1.29, 1.82) is 0 Å². The van der Waals surface area contributed by atoms with E-state index in [4.69, 9.17) is 18.9 Å². The number of hydrogen-bond donors (Lipinski definition) is 1. The zero-order chi connectivity index (χ0) is 32.1. The molecular weight excluding hydrogens is 556 g/mol. The SMILES string of the molecule is CC.CC(=O)O[C@@H](C1CCC2C(CC3C4CCC5C(C)(C)[C@@H](OC(=O)C6(C)COC6)CCC56C[C@@]46CCC23C)O1)C(C)(C)O.[HH]. The summed E-state index contributed by atoms with van der Waals surface area (Å²) in [5, 5.41) is 10.9. The zero-order valence-corrected chi connectivity index (χ0v) is 29.0. The highest BCUT2D eigenvalue weighted by atomic mass is 16.6. The fraction of sp³-hybridized carbons (Fsp3) is 0.946. The van der Waals surface area contributed by atoms with Crippen molar-refractivity contribution >= 4 is 11.9 Å². The molecule has 5 saturated carbocycles. The van der Waals surface area contributed by atoms with Crippen LogP contribution in [0.5, 0.6) is 0 Å². The third-order valence-electron chi connectivity index (χ3n) is 14.5. The Balaban J connectivity index is 0.00000131. The van der Waals surface area contributed by atoms with Crippen molar-refractivity contribution in [3.63, 3.8) is 0 Å². The van der Waals surface area contributed by atoms with Crippen LogP contribution in [-0.4, -0.2) is 60.3 Å². The van der Waals surface area contributed by atoms with Gasteiger partial charge in [-0.05, 0) is 125 Å². The highest BCUT2D eigenvalue weighted by Gasteiger charge is 2.81. The molecule has 0 radical (unpaired) electrons. The summed E-state index contributed by atoms with van der Waals surface area (Å²) in [5.74, 6) is 2.10. The van der Waals surface area contributed by atoms with Crippen LogP contribution in [0.25, 0.3) is 0 Å². The van der Waals surface area contributed by atoms with Gasteiger partial charge < -0.3 is 24.1 Å². The van der Waals surface area contributed by atoms with Gasteiger partial charge in [-0.1, -0.05) is 34.6 Å². The molecule has 1 N–H and O–H groups in total. The summed E-state index contributed by atoms with van der Waals surface area (Å²) in [6, 6.07) is 0. The first-order chi connectivity index (χ1) is 20.6. The number of aliphatic hydroxyl groups is 1. The fourth-order valence-electron chi connectivity index (χ4n) is 12.3. The molecule has 252 valence electrons. The normalized spacial score (nSPS) is 46.5. The summed E-state index contributed by atoms with van der Waals surface area (Å²) < 4.78 is 24.1. The molecule has 0 aromatic carbocycles. The number of carbonyl (C=O) groups is 2. The van der Waals surface area contributed by atoms with Gasteiger partial charge in [-0.2, -0.15) is 0 Å². The predicted molar refractivity (Wildman–Crippen MR) is 170 cm³/mol.